The minimum absolute atomic E-state index is 0.243. The van der Waals surface area contributed by atoms with E-state index in [1.54, 1.807) is 6.33 Å². The van der Waals surface area contributed by atoms with Crippen LogP contribution < -0.4 is 4.90 Å². The van der Waals surface area contributed by atoms with Crippen LogP contribution in [0.25, 0.3) is 44.6 Å². The highest BCUT2D eigenvalue weighted by atomic mass is 16.2. The number of aromatic nitrogens is 4. The number of carbonyl (C=O) groups is 1. The molecule has 42 heavy (non-hydrogen) atoms. The number of likely N-dealkylation sites (tertiary alicyclic amines) is 1. The number of imidazole rings is 1. The molecular weight excluding hydrogens is 520 g/mol. The molecule has 0 atom stereocenters. The minimum atomic E-state index is 0.243. The lowest BCUT2D eigenvalue weighted by atomic mass is 10.0. The number of anilines is 1. The maximum Gasteiger partial charge on any atom is 0.231 e. The Labute approximate surface area is 243 Å². The molecule has 1 N–H and O–H groups in total. The summed E-state index contributed by atoms with van der Waals surface area (Å²) in [5, 5.41) is 0. The highest BCUT2D eigenvalue weighted by molar-refractivity contribution is 6.02. The fourth-order valence-electron chi connectivity index (χ4n) is 6.55. The van der Waals surface area contributed by atoms with Gasteiger partial charge in [-0.2, -0.15) is 0 Å². The average molecular weight is 551 g/mol. The number of fused-ring (bicyclic) bond motifs is 3. The van der Waals surface area contributed by atoms with Crippen LogP contribution >= 0.6 is 0 Å². The van der Waals surface area contributed by atoms with Gasteiger partial charge in [-0.1, -0.05) is 72.8 Å². The van der Waals surface area contributed by atoms with E-state index in [4.69, 9.17) is 4.98 Å². The van der Waals surface area contributed by atoms with Gasteiger partial charge in [0.05, 0.1) is 39.9 Å². The number of para-hydroxylation sites is 1. The van der Waals surface area contributed by atoms with E-state index in [0.717, 1.165) is 88.3 Å². The van der Waals surface area contributed by atoms with Gasteiger partial charge in [-0.3, -0.25) is 9.69 Å². The van der Waals surface area contributed by atoms with Crippen LogP contribution in [-0.4, -0.2) is 49.9 Å². The topological polar surface area (TPSA) is 78.0 Å². The molecular formula is C35H30N6O. The van der Waals surface area contributed by atoms with E-state index >= 15 is 0 Å². The first-order chi connectivity index (χ1) is 20.7. The van der Waals surface area contributed by atoms with Crippen molar-refractivity contribution >= 4 is 33.7 Å². The summed E-state index contributed by atoms with van der Waals surface area (Å²) in [6.45, 7) is 2.87. The highest BCUT2D eigenvalue weighted by Gasteiger charge is 2.34. The van der Waals surface area contributed by atoms with Gasteiger partial charge in [0.2, 0.25) is 5.91 Å². The first-order valence-corrected chi connectivity index (χ1v) is 14.6. The minimum Gasteiger partial charge on any atom is -0.351 e. The van der Waals surface area contributed by atoms with E-state index in [-0.39, 0.29) is 11.9 Å². The van der Waals surface area contributed by atoms with Crippen LogP contribution in [-0.2, 0) is 17.8 Å². The summed E-state index contributed by atoms with van der Waals surface area (Å²) >= 11 is 0. The van der Waals surface area contributed by atoms with Crippen LogP contribution in [0.4, 0.5) is 5.69 Å². The fraction of sp³-hybridized carbons (Fsp3) is 0.200. The van der Waals surface area contributed by atoms with Gasteiger partial charge < -0.3 is 9.88 Å². The van der Waals surface area contributed by atoms with Crippen LogP contribution in [0.3, 0.4) is 0 Å². The molecule has 0 saturated carbocycles. The zero-order valence-electron chi connectivity index (χ0n) is 23.2. The van der Waals surface area contributed by atoms with E-state index < -0.39 is 0 Å². The monoisotopic (exact) mass is 550 g/mol. The van der Waals surface area contributed by atoms with Crippen molar-refractivity contribution in [2.75, 3.05) is 18.0 Å². The summed E-state index contributed by atoms with van der Waals surface area (Å²) in [7, 11) is 0. The molecule has 8 rings (SSSR count). The van der Waals surface area contributed by atoms with Gasteiger partial charge in [-0.05, 0) is 42.2 Å². The Kier molecular flexibility index (Phi) is 6.04. The number of nitrogens with zero attached hydrogens (tertiary/aromatic N) is 5. The van der Waals surface area contributed by atoms with Crippen molar-refractivity contribution in [3.05, 3.63) is 108 Å². The third kappa shape index (κ3) is 4.43. The molecule has 0 aliphatic carbocycles. The van der Waals surface area contributed by atoms with Crippen LogP contribution in [0, 0.1) is 0 Å². The normalized spacial score (nSPS) is 16.0. The van der Waals surface area contributed by atoms with Crippen molar-refractivity contribution in [2.45, 2.75) is 31.8 Å². The third-order valence-corrected chi connectivity index (χ3v) is 8.70. The Morgan fingerprint density at radius 3 is 2.33 bits per heavy atom. The van der Waals surface area contributed by atoms with Crippen molar-refractivity contribution in [3.63, 3.8) is 0 Å². The van der Waals surface area contributed by atoms with E-state index in [1.807, 2.05) is 42.5 Å². The molecule has 0 radical (unpaired) electrons. The summed E-state index contributed by atoms with van der Waals surface area (Å²) in [4.78, 5) is 34.8. The van der Waals surface area contributed by atoms with E-state index in [1.165, 1.54) is 5.56 Å². The molecule has 2 aromatic heterocycles. The number of nitrogens with one attached hydrogen (secondary N) is 1. The lowest BCUT2D eigenvalue weighted by Gasteiger charge is -2.37. The molecule has 4 heterocycles. The molecule has 4 aromatic carbocycles. The Balaban J connectivity index is 1.02. The fourth-order valence-corrected chi connectivity index (χ4v) is 6.55. The van der Waals surface area contributed by atoms with E-state index in [0.29, 0.717) is 6.42 Å². The molecule has 1 saturated heterocycles. The molecule has 0 bridgehead atoms. The Bertz CT molecular complexity index is 1920. The van der Waals surface area contributed by atoms with Crippen LogP contribution in [0.2, 0.25) is 0 Å². The van der Waals surface area contributed by atoms with Gasteiger partial charge in [-0.25, -0.2) is 15.0 Å². The Hall–Kier alpha value is -4.88. The van der Waals surface area contributed by atoms with E-state index in [9.17, 15) is 4.79 Å². The van der Waals surface area contributed by atoms with Gasteiger partial charge in [0.25, 0.3) is 0 Å². The average Bonchev–Trinajstić information content (AvgIpc) is 3.63. The zero-order chi connectivity index (χ0) is 28.0. The lowest BCUT2D eigenvalue weighted by Crippen LogP contribution is -2.46. The van der Waals surface area contributed by atoms with Gasteiger partial charge in [0, 0.05) is 42.5 Å². The Morgan fingerprint density at radius 1 is 0.786 bits per heavy atom. The van der Waals surface area contributed by atoms with Crippen molar-refractivity contribution in [1.29, 1.82) is 0 Å². The van der Waals surface area contributed by atoms with Crippen molar-refractivity contribution in [3.8, 4) is 22.5 Å². The quantitative estimate of drug-likeness (QED) is 0.269. The summed E-state index contributed by atoms with van der Waals surface area (Å²) in [6.07, 6.45) is 4.12. The Morgan fingerprint density at radius 2 is 1.52 bits per heavy atom. The molecule has 1 amide bonds. The summed E-state index contributed by atoms with van der Waals surface area (Å²) < 4.78 is 0. The van der Waals surface area contributed by atoms with Crippen molar-refractivity contribution < 1.29 is 4.79 Å². The molecule has 1 fully saturated rings. The first-order valence-electron chi connectivity index (χ1n) is 14.6. The smallest absolute Gasteiger partial charge is 0.231 e. The molecule has 2 aliphatic heterocycles. The van der Waals surface area contributed by atoms with Crippen LogP contribution in [0.1, 0.15) is 24.0 Å². The maximum atomic E-state index is 12.8. The predicted molar refractivity (Wildman–Crippen MR) is 166 cm³/mol. The van der Waals surface area contributed by atoms with Crippen molar-refractivity contribution in [2.24, 2.45) is 0 Å². The SMILES string of the molecule is O=C1Cc2ccccc2N1C1CCN(Cc2ccc(-c3[nH]c4cc5ncnc5cc4nc3-c3ccccc3)cc2)CC1. The second-order valence-electron chi connectivity index (χ2n) is 11.3. The number of H-pyrrole nitrogens is 1. The van der Waals surface area contributed by atoms with Gasteiger partial charge in [-0.15, -0.1) is 0 Å². The molecule has 206 valence electrons. The summed E-state index contributed by atoms with van der Waals surface area (Å²) in [6, 6.07) is 31.7. The molecule has 6 aromatic rings. The number of piperidine rings is 1. The number of amides is 1. The van der Waals surface area contributed by atoms with Crippen LogP contribution in [0.15, 0.2) is 97.3 Å². The number of benzene rings is 4. The molecule has 0 spiro atoms. The molecule has 7 heteroatoms. The second-order valence-corrected chi connectivity index (χ2v) is 11.3. The number of aromatic amines is 1. The number of carbonyl (C=O) groups excluding carboxylic acids is 1. The molecule has 0 unspecified atom stereocenters. The standard InChI is InChI=1S/C35H30N6O/c42-33-18-26-8-4-5-9-32(26)41(33)27-14-16-40(17-15-27)21-23-10-12-25(13-11-23)35-34(24-6-2-1-3-7-24)38-30-19-28-29(37-22-36-28)20-31(30)39-35/h1-13,19-20,22,27,39H,14-18,21H2. The lowest BCUT2D eigenvalue weighted by molar-refractivity contribution is -0.118. The largest absolute Gasteiger partial charge is 0.351 e. The van der Waals surface area contributed by atoms with Gasteiger partial charge >= 0.3 is 0 Å². The van der Waals surface area contributed by atoms with Gasteiger partial charge in [0.15, 0.2) is 0 Å². The first kappa shape index (κ1) is 24.9. The van der Waals surface area contributed by atoms with Crippen molar-refractivity contribution in [1.82, 2.24) is 24.8 Å². The maximum absolute atomic E-state index is 12.8. The highest BCUT2D eigenvalue weighted by Crippen LogP contribution is 2.34. The summed E-state index contributed by atoms with van der Waals surface area (Å²) in [5.74, 6) is 0.243. The number of rotatable bonds is 5. The summed E-state index contributed by atoms with van der Waals surface area (Å²) in [5.41, 5.74) is 11.1. The van der Waals surface area contributed by atoms with Crippen LogP contribution in [0.5, 0.6) is 0 Å². The van der Waals surface area contributed by atoms with E-state index in [2.05, 4.69) is 73.3 Å². The third-order valence-electron chi connectivity index (χ3n) is 8.70. The molecule has 7 nitrogen and oxygen atoms in total. The predicted octanol–water partition coefficient (Wildman–Crippen LogP) is 6.39. The number of hydrogen-bond acceptors (Lipinski definition) is 5. The number of hydrogen-bond donors (Lipinski definition) is 1. The molecule has 2 aliphatic rings. The second kappa shape index (κ2) is 10.2. The zero-order valence-corrected chi connectivity index (χ0v) is 23.2. The van der Waals surface area contributed by atoms with Gasteiger partial charge in [0.1, 0.15) is 6.33 Å².